The van der Waals surface area contributed by atoms with Crippen LogP contribution in [-0.4, -0.2) is 23.2 Å². The predicted molar refractivity (Wildman–Crippen MR) is 118 cm³/mol. The molecule has 2 heterocycles. The predicted octanol–water partition coefficient (Wildman–Crippen LogP) is 5.10. The molecule has 0 fully saturated rings. The summed E-state index contributed by atoms with van der Waals surface area (Å²) >= 11 is 13.4. The van der Waals surface area contributed by atoms with Gasteiger partial charge in [0.15, 0.2) is 5.13 Å². The molecule has 0 aliphatic carbocycles. The van der Waals surface area contributed by atoms with E-state index in [1.54, 1.807) is 29.8 Å². The lowest BCUT2D eigenvalue weighted by atomic mass is 10.2. The van der Waals surface area contributed by atoms with E-state index in [9.17, 15) is 13.7 Å². The largest absolute Gasteiger partial charge is 0.456 e. The van der Waals surface area contributed by atoms with Crippen LogP contribution in [0.15, 0.2) is 65.3 Å². The second kappa shape index (κ2) is 8.56. The van der Waals surface area contributed by atoms with Crippen molar-refractivity contribution in [1.29, 1.82) is 5.26 Å². The summed E-state index contributed by atoms with van der Waals surface area (Å²) in [7, 11) is -3.90. The van der Waals surface area contributed by atoms with Crippen LogP contribution in [0, 0.1) is 11.3 Å². The number of rotatable bonds is 6. The first kappa shape index (κ1) is 21.1. The third kappa shape index (κ3) is 4.65. The van der Waals surface area contributed by atoms with Gasteiger partial charge in [-0.05, 0) is 30.3 Å². The summed E-state index contributed by atoms with van der Waals surface area (Å²) in [6.07, 6.45) is 4.58. The van der Waals surface area contributed by atoms with Gasteiger partial charge < -0.3 is 4.74 Å². The Morgan fingerprint density at radius 2 is 2.03 bits per heavy atom. The molecule has 0 saturated carbocycles. The summed E-state index contributed by atoms with van der Waals surface area (Å²) in [6.45, 7) is 0. The van der Waals surface area contributed by atoms with Gasteiger partial charge in [0, 0.05) is 23.8 Å². The molecule has 8 nitrogen and oxygen atoms in total. The number of nitrogens with zero attached hydrogens (tertiary/aromatic N) is 4. The molecule has 0 bridgehead atoms. The number of nitriles is 1. The molecule has 2 aromatic carbocycles. The highest BCUT2D eigenvalue weighted by atomic mass is 35.5. The first-order chi connectivity index (χ1) is 14.9. The highest BCUT2D eigenvalue weighted by Gasteiger charge is 2.18. The molecule has 2 aromatic heterocycles. The molecule has 31 heavy (non-hydrogen) atoms. The fourth-order valence-corrected chi connectivity index (χ4v) is 4.80. The number of nitrogens with one attached hydrogen (secondary N) is 1. The van der Waals surface area contributed by atoms with Crippen LogP contribution in [0.1, 0.15) is 5.56 Å². The smallest absolute Gasteiger partial charge is 0.263 e. The lowest BCUT2D eigenvalue weighted by molar-refractivity contribution is 0.480. The molecule has 4 aromatic rings. The second-order valence-corrected chi connectivity index (χ2v) is 9.45. The van der Waals surface area contributed by atoms with E-state index in [2.05, 4.69) is 14.8 Å². The van der Waals surface area contributed by atoms with E-state index in [1.165, 1.54) is 35.3 Å². The van der Waals surface area contributed by atoms with Crippen molar-refractivity contribution < 1.29 is 13.2 Å². The van der Waals surface area contributed by atoms with Crippen molar-refractivity contribution in [2.75, 3.05) is 4.72 Å². The third-order valence-electron chi connectivity index (χ3n) is 3.98. The SMILES string of the molecule is N#Cc1cc(S(=O)(=O)Nc2nccs2)ccc1Oc1ccc(-n2cc(Cl)cn2)c(Cl)c1. The molecule has 156 valence electrons. The van der Waals surface area contributed by atoms with Gasteiger partial charge in [0.25, 0.3) is 10.0 Å². The summed E-state index contributed by atoms with van der Waals surface area (Å²) in [4.78, 5) is 3.81. The van der Waals surface area contributed by atoms with Crippen molar-refractivity contribution in [3.63, 3.8) is 0 Å². The minimum absolute atomic E-state index is 0.0427. The topological polar surface area (TPSA) is 110 Å². The number of aromatic nitrogens is 3. The number of hydrogen-bond acceptors (Lipinski definition) is 7. The molecule has 0 aliphatic rings. The minimum Gasteiger partial charge on any atom is -0.456 e. The number of anilines is 1. The van der Waals surface area contributed by atoms with Gasteiger partial charge in [0.05, 0.1) is 32.4 Å². The van der Waals surface area contributed by atoms with Crippen LogP contribution in [0.5, 0.6) is 11.5 Å². The van der Waals surface area contributed by atoms with E-state index in [0.29, 0.717) is 21.5 Å². The molecule has 0 amide bonds. The number of thiazole rings is 1. The number of halogens is 2. The number of benzene rings is 2. The summed E-state index contributed by atoms with van der Waals surface area (Å²) < 4.78 is 34.7. The minimum atomic E-state index is -3.90. The van der Waals surface area contributed by atoms with Crippen LogP contribution < -0.4 is 9.46 Å². The van der Waals surface area contributed by atoms with Gasteiger partial charge in [-0.15, -0.1) is 11.3 Å². The average molecular weight is 492 g/mol. The van der Waals surface area contributed by atoms with Crippen LogP contribution in [0.2, 0.25) is 10.0 Å². The van der Waals surface area contributed by atoms with Crippen LogP contribution in [-0.2, 0) is 10.0 Å². The Kier molecular flexibility index (Phi) is 5.84. The quantitative estimate of drug-likeness (QED) is 0.401. The normalized spacial score (nSPS) is 11.1. The van der Waals surface area contributed by atoms with E-state index in [0.717, 1.165) is 11.3 Å². The number of ether oxygens (including phenoxy) is 1. The van der Waals surface area contributed by atoms with Gasteiger partial charge in [-0.2, -0.15) is 10.4 Å². The third-order valence-corrected chi connectivity index (χ3v) is 6.63. The molecule has 4 rings (SSSR count). The standard InChI is InChI=1S/C19H11Cl2N5O3S2/c20-13-10-24-26(11-13)17-3-1-14(8-16(17)21)29-18-4-2-15(7-12(18)9-22)31(27,28)25-19-23-5-6-30-19/h1-8,10-11H,(H,23,25). The highest BCUT2D eigenvalue weighted by molar-refractivity contribution is 7.93. The van der Waals surface area contributed by atoms with E-state index >= 15 is 0 Å². The van der Waals surface area contributed by atoms with Gasteiger partial charge in [0.2, 0.25) is 0 Å². The Hall–Kier alpha value is -3.10. The Morgan fingerprint density at radius 3 is 2.68 bits per heavy atom. The van der Waals surface area contributed by atoms with Gasteiger partial charge in [-0.3, -0.25) is 4.72 Å². The molecule has 12 heteroatoms. The first-order valence-electron chi connectivity index (χ1n) is 8.50. The van der Waals surface area contributed by atoms with E-state index in [4.69, 9.17) is 27.9 Å². The van der Waals surface area contributed by atoms with E-state index < -0.39 is 10.0 Å². The molecule has 0 aliphatic heterocycles. The van der Waals surface area contributed by atoms with Gasteiger partial charge in [0.1, 0.15) is 17.6 Å². The number of hydrogen-bond donors (Lipinski definition) is 1. The maximum absolute atomic E-state index is 12.5. The van der Waals surface area contributed by atoms with Crippen LogP contribution >= 0.6 is 34.5 Å². The zero-order valence-electron chi connectivity index (χ0n) is 15.4. The molecule has 0 radical (unpaired) electrons. The van der Waals surface area contributed by atoms with Crippen molar-refractivity contribution in [3.8, 4) is 23.3 Å². The molecule has 0 spiro atoms. The number of sulfonamides is 1. The summed E-state index contributed by atoms with van der Waals surface area (Å²) in [5, 5.41) is 16.3. The molecular formula is C19H11Cl2N5O3S2. The van der Waals surface area contributed by atoms with E-state index in [-0.39, 0.29) is 21.3 Å². The van der Waals surface area contributed by atoms with Crippen molar-refractivity contribution in [1.82, 2.24) is 14.8 Å². The zero-order chi connectivity index (χ0) is 22.0. The fourth-order valence-electron chi connectivity index (χ4n) is 2.60. The molecule has 1 N–H and O–H groups in total. The van der Waals surface area contributed by atoms with Gasteiger partial charge in [-0.1, -0.05) is 23.2 Å². The van der Waals surface area contributed by atoms with Gasteiger partial charge in [-0.25, -0.2) is 18.1 Å². The summed E-state index contributed by atoms with van der Waals surface area (Å²) in [5.74, 6) is 0.543. The monoisotopic (exact) mass is 491 g/mol. The van der Waals surface area contributed by atoms with E-state index in [1.807, 2.05) is 6.07 Å². The van der Waals surface area contributed by atoms with Crippen molar-refractivity contribution in [3.05, 3.63) is 76.0 Å². The fraction of sp³-hybridized carbons (Fsp3) is 0. The average Bonchev–Trinajstić information content (AvgIpc) is 3.39. The van der Waals surface area contributed by atoms with Crippen molar-refractivity contribution in [2.45, 2.75) is 4.90 Å². The summed E-state index contributed by atoms with van der Waals surface area (Å²) in [6, 6.07) is 10.8. The zero-order valence-corrected chi connectivity index (χ0v) is 18.5. The van der Waals surface area contributed by atoms with Crippen molar-refractivity contribution >= 4 is 49.7 Å². The molecule has 0 atom stereocenters. The van der Waals surface area contributed by atoms with Crippen LogP contribution in [0.3, 0.4) is 0 Å². The Labute approximate surface area is 191 Å². The second-order valence-electron chi connectivity index (χ2n) is 6.03. The van der Waals surface area contributed by atoms with Crippen LogP contribution in [0.4, 0.5) is 5.13 Å². The lowest BCUT2D eigenvalue weighted by Crippen LogP contribution is -2.13. The molecular weight excluding hydrogens is 481 g/mol. The highest BCUT2D eigenvalue weighted by Crippen LogP contribution is 2.32. The Bertz CT molecular complexity index is 1400. The maximum Gasteiger partial charge on any atom is 0.263 e. The molecule has 0 saturated heterocycles. The first-order valence-corrected chi connectivity index (χ1v) is 11.6. The van der Waals surface area contributed by atoms with Gasteiger partial charge >= 0.3 is 0 Å². The van der Waals surface area contributed by atoms with Crippen molar-refractivity contribution in [2.24, 2.45) is 0 Å². The molecule has 0 unspecified atom stereocenters. The maximum atomic E-state index is 12.5. The Morgan fingerprint density at radius 1 is 1.19 bits per heavy atom. The summed E-state index contributed by atoms with van der Waals surface area (Å²) in [5.41, 5.74) is 0.636. The van der Waals surface area contributed by atoms with Crippen LogP contribution in [0.25, 0.3) is 5.69 Å². The Balaban J connectivity index is 1.59. The lowest BCUT2D eigenvalue weighted by Gasteiger charge is -2.11.